The molecule has 0 radical (unpaired) electrons. The molecule has 2 heteroatoms. The second kappa shape index (κ2) is 7.32. The van der Waals surface area contributed by atoms with Crippen LogP contribution in [0.2, 0.25) is 0 Å². The Kier molecular flexibility index (Phi) is 6.77. The summed E-state index contributed by atoms with van der Waals surface area (Å²) in [6, 6.07) is 2.33. The van der Waals surface area contributed by atoms with E-state index in [4.69, 9.17) is 5.73 Å². The van der Waals surface area contributed by atoms with Crippen LogP contribution in [0.25, 0.3) is 0 Å². The van der Waals surface area contributed by atoms with Crippen LogP contribution in [0.3, 0.4) is 0 Å². The topological polar surface area (TPSA) is 38.0 Å². The summed E-state index contributed by atoms with van der Waals surface area (Å²) in [5.41, 5.74) is 4.94. The number of hydrogen-bond acceptors (Lipinski definition) is 2. The fourth-order valence-electron chi connectivity index (χ4n) is 0.504. The summed E-state index contributed by atoms with van der Waals surface area (Å²) in [7, 11) is 0. The van der Waals surface area contributed by atoms with E-state index in [1.807, 2.05) is 0 Å². The molecule has 0 unspecified atom stereocenters. The van der Waals surface area contributed by atoms with Crippen LogP contribution in [0.4, 0.5) is 0 Å². The van der Waals surface area contributed by atoms with Crippen molar-refractivity contribution in [2.45, 2.75) is 19.8 Å². The minimum absolute atomic E-state index is 0.719. The Morgan fingerprint density at radius 2 is 2.33 bits per heavy atom. The third-order valence-corrected chi connectivity index (χ3v) is 1.02. The van der Waals surface area contributed by atoms with E-state index in [-0.39, 0.29) is 0 Å². The van der Waals surface area contributed by atoms with Crippen molar-refractivity contribution in [2.75, 3.05) is 13.1 Å². The van der Waals surface area contributed by atoms with Crippen LogP contribution >= 0.6 is 0 Å². The Morgan fingerprint density at radius 3 is 2.89 bits per heavy atom. The minimum atomic E-state index is 0.719. The summed E-state index contributed by atoms with van der Waals surface area (Å²) in [5, 5.41) is 3.13. The first-order valence-corrected chi connectivity index (χ1v) is 3.31. The zero-order chi connectivity index (χ0) is 6.95. The summed E-state index contributed by atoms with van der Waals surface area (Å²) < 4.78 is 0. The highest BCUT2D eigenvalue weighted by Crippen LogP contribution is 1.80. The highest BCUT2D eigenvalue weighted by atomic mass is 14.8. The highest BCUT2D eigenvalue weighted by molar-refractivity contribution is 4.95. The quantitative estimate of drug-likeness (QED) is 0.323. The van der Waals surface area contributed by atoms with Crippen molar-refractivity contribution in [1.29, 1.82) is 0 Å². The first kappa shape index (κ1) is 8.32. The highest BCUT2D eigenvalue weighted by Gasteiger charge is 1.79. The first-order chi connectivity index (χ1) is 4.41. The number of nitrogens with one attached hydrogen (secondary N) is 1. The van der Waals surface area contributed by atoms with Gasteiger partial charge in [-0.3, -0.25) is 0 Å². The summed E-state index contributed by atoms with van der Waals surface area (Å²) in [6.45, 7) is 3.93. The van der Waals surface area contributed by atoms with Gasteiger partial charge in [-0.15, -0.1) is 0 Å². The van der Waals surface area contributed by atoms with Gasteiger partial charge in [-0.25, -0.2) is 0 Å². The second-order valence-electron chi connectivity index (χ2n) is 1.85. The lowest BCUT2D eigenvalue weighted by atomic mass is 10.3. The number of hydrogen-bond donors (Lipinski definition) is 2. The fraction of sp³-hybridized carbons (Fsp3) is 0.714. The molecule has 3 N–H and O–H groups in total. The van der Waals surface area contributed by atoms with E-state index in [9.17, 15) is 0 Å². The van der Waals surface area contributed by atoms with Gasteiger partial charge in [-0.2, -0.15) is 0 Å². The lowest BCUT2D eigenvalue weighted by molar-refractivity contribution is 0.686. The lowest BCUT2D eigenvalue weighted by Gasteiger charge is -1.94. The Labute approximate surface area is 56.8 Å². The molecule has 0 aromatic carbocycles. The standard InChI is InChI=1S/C7H14N2/c1-2-3-6-9-7-4-5-8/h9H,2-3,6-8H2,1H3. The van der Waals surface area contributed by atoms with E-state index < -0.39 is 0 Å². The summed E-state index contributed by atoms with van der Waals surface area (Å²) in [5.74, 6) is 2.72. The summed E-state index contributed by atoms with van der Waals surface area (Å²) in [4.78, 5) is 0. The van der Waals surface area contributed by atoms with Gasteiger partial charge in [0.1, 0.15) is 0 Å². The molecule has 0 rings (SSSR count). The van der Waals surface area contributed by atoms with Crippen molar-refractivity contribution < 1.29 is 0 Å². The van der Waals surface area contributed by atoms with E-state index >= 15 is 0 Å². The van der Waals surface area contributed by atoms with Crippen LogP contribution in [-0.2, 0) is 0 Å². The summed E-state index contributed by atoms with van der Waals surface area (Å²) in [6.07, 6.45) is 2.44. The van der Waals surface area contributed by atoms with Crippen molar-refractivity contribution >= 4 is 0 Å². The van der Waals surface area contributed by atoms with Crippen LogP contribution in [-0.4, -0.2) is 13.1 Å². The normalized spacial score (nSPS) is 8.11. The van der Waals surface area contributed by atoms with Crippen LogP contribution in [0.5, 0.6) is 0 Å². The number of nitrogens with two attached hydrogens (primary N) is 1. The van der Waals surface area contributed by atoms with E-state index in [0.29, 0.717) is 0 Å². The largest absolute Gasteiger partial charge is 0.359 e. The average molecular weight is 126 g/mol. The molecule has 0 aliphatic carbocycles. The van der Waals surface area contributed by atoms with Crippen molar-refractivity contribution in [3.05, 3.63) is 0 Å². The zero-order valence-corrected chi connectivity index (χ0v) is 5.91. The molecule has 2 nitrogen and oxygen atoms in total. The molecule has 0 atom stereocenters. The number of rotatable bonds is 4. The maximum Gasteiger partial charge on any atom is 0.0594 e. The average Bonchev–Trinajstić information content (AvgIpc) is 1.89. The van der Waals surface area contributed by atoms with Crippen molar-refractivity contribution in [1.82, 2.24) is 5.32 Å². The third-order valence-electron chi connectivity index (χ3n) is 1.02. The van der Waals surface area contributed by atoms with Gasteiger partial charge in [-0.05, 0) is 13.0 Å². The zero-order valence-electron chi connectivity index (χ0n) is 5.91. The van der Waals surface area contributed by atoms with Gasteiger partial charge in [0.2, 0.25) is 0 Å². The monoisotopic (exact) mass is 126 g/mol. The predicted molar refractivity (Wildman–Crippen MR) is 39.7 cm³/mol. The molecule has 0 aliphatic heterocycles. The third kappa shape index (κ3) is 7.32. The molecule has 0 aliphatic rings. The Hall–Kier alpha value is -0.680. The van der Waals surface area contributed by atoms with Crippen LogP contribution in [0.15, 0.2) is 0 Å². The van der Waals surface area contributed by atoms with Gasteiger partial charge >= 0.3 is 0 Å². The lowest BCUT2D eigenvalue weighted by Crippen LogP contribution is -2.15. The van der Waals surface area contributed by atoms with Crippen molar-refractivity contribution in [3.63, 3.8) is 0 Å². The van der Waals surface area contributed by atoms with Crippen molar-refractivity contribution in [3.8, 4) is 12.0 Å². The molecular weight excluding hydrogens is 112 g/mol. The second-order valence-corrected chi connectivity index (χ2v) is 1.85. The molecule has 9 heavy (non-hydrogen) atoms. The number of unbranched alkanes of at least 4 members (excludes halogenated alkanes) is 1. The molecule has 0 saturated heterocycles. The molecule has 0 fully saturated rings. The Balaban J connectivity index is 2.80. The molecule has 0 spiro atoms. The maximum atomic E-state index is 4.94. The van der Waals surface area contributed by atoms with Gasteiger partial charge < -0.3 is 11.1 Å². The first-order valence-electron chi connectivity index (χ1n) is 3.31. The molecule has 0 bridgehead atoms. The van der Waals surface area contributed by atoms with Crippen LogP contribution in [0.1, 0.15) is 19.8 Å². The Morgan fingerprint density at radius 1 is 1.56 bits per heavy atom. The van der Waals surface area contributed by atoms with E-state index in [1.54, 1.807) is 0 Å². The minimum Gasteiger partial charge on any atom is -0.359 e. The molecule has 52 valence electrons. The van der Waals surface area contributed by atoms with Crippen LogP contribution in [0, 0.1) is 12.0 Å². The van der Waals surface area contributed by atoms with Crippen molar-refractivity contribution in [2.24, 2.45) is 5.73 Å². The smallest absolute Gasteiger partial charge is 0.0594 e. The molecule has 0 saturated carbocycles. The molecule has 0 aromatic rings. The van der Waals surface area contributed by atoms with Gasteiger partial charge in [0.05, 0.1) is 6.54 Å². The van der Waals surface area contributed by atoms with E-state index in [1.165, 1.54) is 12.8 Å². The molecule has 0 heterocycles. The molecule has 0 aromatic heterocycles. The van der Waals surface area contributed by atoms with E-state index in [2.05, 4.69) is 24.2 Å². The van der Waals surface area contributed by atoms with Gasteiger partial charge in [0.15, 0.2) is 0 Å². The maximum absolute atomic E-state index is 4.94. The summed E-state index contributed by atoms with van der Waals surface area (Å²) >= 11 is 0. The van der Waals surface area contributed by atoms with E-state index in [0.717, 1.165) is 13.1 Å². The van der Waals surface area contributed by atoms with Gasteiger partial charge in [0.25, 0.3) is 0 Å². The molecule has 0 amide bonds. The van der Waals surface area contributed by atoms with Crippen LogP contribution < -0.4 is 11.1 Å². The van der Waals surface area contributed by atoms with Gasteiger partial charge in [-0.1, -0.05) is 19.3 Å². The fourth-order valence-corrected chi connectivity index (χ4v) is 0.504. The van der Waals surface area contributed by atoms with Gasteiger partial charge in [0, 0.05) is 6.04 Å². The SMILES string of the molecule is CCCCNCC#CN. The predicted octanol–water partition coefficient (Wildman–Crippen LogP) is 0.296. The molecular formula is C7H14N2. The Bertz CT molecular complexity index is 99.2.